The van der Waals surface area contributed by atoms with Crippen LogP contribution in [-0.4, -0.2) is 17.5 Å². The number of aromatic hydroxyl groups is 1. The smallest absolute Gasteiger partial charge is 0.185 e. The topological polar surface area (TPSA) is 46.5 Å². The molecule has 0 unspecified atom stereocenters. The van der Waals surface area contributed by atoms with Crippen LogP contribution in [0.3, 0.4) is 0 Å². The number of phenolic OH excluding ortho intramolecular Hbond substituents is 1. The zero-order valence-corrected chi connectivity index (χ0v) is 11.2. The van der Waals surface area contributed by atoms with Gasteiger partial charge in [-0.05, 0) is 55.0 Å². The first-order valence-electron chi connectivity index (χ1n) is 6.43. The van der Waals surface area contributed by atoms with Gasteiger partial charge >= 0.3 is 0 Å². The average Bonchev–Trinajstić information content (AvgIpc) is 2.47. The highest BCUT2D eigenvalue weighted by Gasteiger charge is 2.01. The van der Waals surface area contributed by atoms with Gasteiger partial charge in [0.2, 0.25) is 0 Å². The van der Waals surface area contributed by atoms with Gasteiger partial charge in [0, 0.05) is 5.56 Å². The van der Waals surface area contributed by atoms with Crippen LogP contribution in [0.25, 0.3) is 6.08 Å². The van der Waals surface area contributed by atoms with Gasteiger partial charge in [0.1, 0.15) is 11.5 Å². The van der Waals surface area contributed by atoms with Crippen LogP contribution in [0, 0.1) is 0 Å². The van der Waals surface area contributed by atoms with E-state index >= 15 is 0 Å². The summed E-state index contributed by atoms with van der Waals surface area (Å²) >= 11 is 0. The highest BCUT2D eigenvalue weighted by atomic mass is 16.5. The molecule has 2 aromatic carbocycles. The van der Waals surface area contributed by atoms with E-state index in [1.165, 1.54) is 18.2 Å². The number of allylic oxidation sites excluding steroid dienone is 1. The molecule has 0 aliphatic heterocycles. The molecule has 0 aromatic heterocycles. The summed E-state index contributed by atoms with van der Waals surface area (Å²) in [4.78, 5) is 11.9. The van der Waals surface area contributed by atoms with E-state index in [9.17, 15) is 9.90 Å². The number of ketones is 1. The Labute approximate surface area is 118 Å². The molecule has 0 fully saturated rings. The van der Waals surface area contributed by atoms with Crippen LogP contribution in [0.1, 0.15) is 22.8 Å². The predicted molar refractivity (Wildman–Crippen MR) is 79.1 cm³/mol. The third-order valence-electron chi connectivity index (χ3n) is 2.77. The lowest BCUT2D eigenvalue weighted by atomic mass is 10.1. The van der Waals surface area contributed by atoms with E-state index in [1.54, 1.807) is 18.2 Å². The normalized spacial score (nSPS) is 10.7. The highest BCUT2D eigenvalue weighted by molar-refractivity contribution is 6.06. The fourth-order valence-electron chi connectivity index (χ4n) is 1.74. The van der Waals surface area contributed by atoms with Crippen LogP contribution in [0.5, 0.6) is 11.5 Å². The van der Waals surface area contributed by atoms with Gasteiger partial charge < -0.3 is 9.84 Å². The number of hydrogen-bond donors (Lipinski definition) is 1. The Morgan fingerprint density at radius 1 is 1.10 bits per heavy atom. The maximum atomic E-state index is 11.9. The van der Waals surface area contributed by atoms with Crippen LogP contribution in [-0.2, 0) is 0 Å². The van der Waals surface area contributed by atoms with Gasteiger partial charge in [-0.3, -0.25) is 4.79 Å². The molecular formula is C17H16O3. The minimum Gasteiger partial charge on any atom is -0.508 e. The molecule has 0 saturated carbocycles. The Balaban J connectivity index is 2.04. The third kappa shape index (κ3) is 3.72. The summed E-state index contributed by atoms with van der Waals surface area (Å²) < 4.78 is 5.35. The lowest BCUT2D eigenvalue weighted by Crippen LogP contribution is -1.93. The van der Waals surface area contributed by atoms with Gasteiger partial charge in [0.25, 0.3) is 0 Å². The zero-order chi connectivity index (χ0) is 14.4. The molecule has 0 aliphatic rings. The van der Waals surface area contributed by atoms with E-state index in [0.717, 1.165) is 11.3 Å². The SMILES string of the molecule is CCOc1ccc(/C=C/C(=O)c2ccc(O)cc2)cc1. The van der Waals surface area contributed by atoms with Crippen LogP contribution in [0.4, 0.5) is 0 Å². The molecule has 0 bridgehead atoms. The molecular weight excluding hydrogens is 252 g/mol. The zero-order valence-electron chi connectivity index (χ0n) is 11.2. The molecule has 3 heteroatoms. The van der Waals surface area contributed by atoms with Gasteiger partial charge in [-0.1, -0.05) is 18.2 Å². The summed E-state index contributed by atoms with van der Waals surface area (Å²) in [5.74, 6) is 0.866. The molecule has 102 valence electrons. The molecule has 0 saturated heterocycles. The average molecular weight is 268 g/mol. The molecule has 0 heterocycles. The predicted octanol–water partition coefficient (Wildman–Crippen LogP) is 3.69. The summed E-state index contributed by atoms with van der Waals surface area (Å²) in [7, 11) is 0. The second kappa shape index (κ2) is 6.57. The lowest BCUT2D eigenvalue weighted by molar-refractivity contribution is 0.104. The van der Waals surface area contributed by atoms with E-state index in [1.807, 2.05) is 31.2 Å². The van der Waals surface area contributed by atoms with Crippen molar-refractivity contribution < 1.29 is 14.6 Å². The third-order valence-corrected chi connectivity index (χ3v) is 2.77. The standard InChI is InChI=1S/C17H16O3/c1-2-20-16-10-3-13(4-11-16)5-12-17(19)14-6-8-15(18)9-7-14/h3-12,18H,2H2,1H3/b12-5+. The Morgan fingerprint density at radius 2 is 1.75 bits per heavy atom. The number of carbonyl (C=O) groups excluding carboxylic acids is 1. The molecule has 0 atom stereocenters. The van der Waals surface area contributed by atoms with Gasteiger partial charge in [0.05, 0.1) is 6.61 Å². The number of rotatable bonds is 5. The Hall–Kier alpha value is -2.55. The van der Waals surface area contributed by atoms with Crippen molar-refractivity contribution in [2.24, 2.45) is 0 Å². The second-order valence-electron chi connectivity index (χ2n) is 4.25. The van der Waals surface area contributed by atoms with Gasteiger partial charge in [-0.15, -0.1) is 0 Å². The first-order chi connectivity index (χ1) is 9.69. The van der Waals surface area contributed by atoms with E-state index in [4.69, 9.17) is 4.74 Å². The van der Waals surface area contributed by atoms with Crippen LogP contribution in [0.15, 0.2) is 54.6 Å². The summed E-state index contributed by atoms with van der Waals surface area (Å²) in [6.07, 6.45) is 3.27. The van der Waals surface area contributed by atoms with Gasteiger partial charge in [-0.2, -0.15) is 0 Å². The van der Waals surface area contributed by atoms with Crippen LogP contribution < -0.4 is 4.74 Å². The maximum absolute atomic E-state index is 11.9. The Bertz CT molecular complexity index is 595. The molecule has 20 heavy (non-hydrogen) atoms. The number of ether oxygens (including phenoxy) is 1. The van der Waals surface area contributed by atoms with Crippen molar-refractivity contribution in [2.75, 3.05) is 6.61 Å². The lowest BCUT2D eigenvalue weighted by Gasteiger charge is -2.02. The molecule has 0 amide bonds. The molecule has 3 nitrogen and oxygen atoms in total. The maximum Gasteiger partial charge on any atom is 0.185 e. The Morgan fingerprint density at radius 3 is 2.35 bits per heavy atom. The first kappa shape index (κ1) is 13.9. The molecule has 0 aliphatic carbocycles. The monoisotopic (exact) mass is 268 g/mol. The van der Waals surface area contributed by atoms with Crippen molar-refractivity contribution in [3.8, 4) is 11.5 Å². The second-order valence-corrected chi connectivity index (χ2v) is 4.25. The van der Waals surface area contributed by atoms with Crippen molar-refractivity contribution in [2.45, 2.75) is 6.92 Å². The quantitative estimate of drug-likeness (QED) is 0.664. The van der Waals surface area contributed by atoms with Gasteiger partial charge in [-0.25, -0.2) is 0 Å². The summed E-state index contributed by atoms with van der Waals surface area (Å²) in [5, 5.41) is 9.17. The van der Waals surface area contributed by atoms with Crippen molar-refractivity contribution in [1.29, 1.82) is 0 Å². The van der Waals surface area contributed by atoms with Crippen molar-refractivity contribution >= 4 is 11.9 Å². The molecule has 0 radical (unpaired) electrons. The number of phenols is 1. The summed E-state index contributed by atoms with van der Waals surface area (Å²) in [5.41, 5.74) is 1.48. The summed E-state index contributed by atoms with van der Waals surface area (Å²) in [6.45, 7) is 2.57. The van der Waals surface area contributed by atoms with E-state index in [-0.39, 0.29) is 11.5 Å². The van der Waals surface area contributed by atoms with E-state index in [2.05, 4.69) is 0 Å². The molecule has 1 N–H and O–H groups in total. The van der Waals surface area contributed by atoms with Crippen LogP contribution in [0.2, 0.25) is 0 Å². The minimum absolute atomic E-state index is 0.0983. The highest BCUT2D eigenvalue weighted by Crippen LogP contribution is 2.14. The Kier molecular flexibility index (Phi) is 4.56. The number of hydrogen-bond acceptors (Lipinski definition) is 3. The van der Waals surface area contributed by atoms with Crippen molar-refractivity contribution in [1.82, 2.24) is 0 Å². The summed E-state index contributed by atoms with van der Waals surface area (Å²) in [6, 6.07) is 13.7. The largest absolute Gasteiger partial charge is 0.508 e. The fourth-order valence-corrected chi connectivity index (χ4v) is 1.74. The fraction of sp³-hybridized carbons (Fsp3) is 0.118. The van der Waals surface area contributed by atoms with Crippen molar-refractivity contribution in [3.05, 3.63) is 65.7 Å². The first-order valence-corrected chi connectivity index (χ1v) is 6.43. The van der Waals surface area contributed by atoms with Gasteiger partial charge in [0.15, 0.2) is 5.78 Å². The number of benzene rings is 2. The van der Waals surface area contributed by atoms with E-state index in [0.29, 0.717) is 12.2 Å². The minimum atomic E-state index is -0.0983. The van der Waals surface area contributed by atoms with Crippen molar-refractivity contribution in [3.63, 3.8) is 0 Å². The van der Waals surface area contributed by atoms with Crippen LogP contribution >= 0.6 is 0 Å². The number of carbonyl (C=O) groups is 1. The van der Waals surface area contributed by atoms with E-state index < -0.39 is 0 Å². The molecule has 2 rings (SSSR count). The molecule has 2 aromatic rings. The molecule has 0 spiro atoms.